The Morgan fingerprint density at radius 2 is 1.80 bits per heavy atom. The first kappa shape index (κ1) is 17.2. The summed E-state index contributed by atoms with van der Waals surface area (Å²) in [6.07, 6.45) is 5.13. The first-order valence-corrected chi connectivity index (χ1v) is 8.33. The predicted molar refractivity (Wildman–Crippen MR) is 105 cm³/mol. The third-order valence-electron chi connectivity index (χ3n) is 4.19. The molecule has 0 saturated carbocycles. The van der Waals surface area contributed by atoms with Crippen LogP contribution in [0.4, 0.5) is 11.5 Å². The molecule has 4 nitrogen and oxygen atoms in total. The Labute approximate surface area is 152 Å². The molecule has 2 aromatic carbocycles. The SMILES string of the molecule is CCCCc1ccc(Nc2ncnc3c2oc2ccccc23)cc1.Cl. The Bertz CT molecular complexity index is 979. The maximum absolute atomic E-state index is 5.95. The molecule has 0 radical (unpaired) electrons. The fourth-order valence-corrected chi connectivity index (χ4v) is 2.88. The summed E-state index contributed by atoms with van der Waals surface area (Å²) in [5, 5.41) is 4.35. The van der Waals surface area contributed by atoms with Gasteiger partial charge >= 0.3 is 0 Å². The fourth-order valence-electron chi connectivity index (χ4n) is 2.88. The summed E-state index contributed by atoms with van der Waals surface area (Å²) in [6, 6.07) is 16.4. The van der Waals surface area contributed by atoms with E-state index in [1.165, 1.54) is 18.4 Å². The van der Waals surface area contributed by atoms with Crippen LogP contribution in [0.2, 0.25) is 0 Å². The number of hydrogen-bond donors (Lipinski definition) is 1. The summed E-state index contributed by atoms with van der Waals surface area (Å²) in [5.41, 5.74) is 4.71. The zero-order chi connectivity index (χ0) is 16.4. The van der Waals surface area contributed by atoms with Gasteiger partial charge in [0.2, 0.25) is 0 Å². The third-order valence-corrected chi connectivity index (χ3v) is 4.19. The molecule has 0 saturated heterocycles. The zero-order valence-corrected chi connectivity index (χ0v) is 14.8. The highest BCUT2D eigenvalue weighted by molar-refractivity contribution is 6.05. The minimum Gasteiger partial charge on any atom is -0.450 e. The standard InChI is InChI=1S/C20H19N3O.ClH/c1-2-3-6-14-9-11-15(12-10-14)23-20-19-18(21-13-22-20)16-7-4-5-8-17(16)24-19;/h4-5,7-13H,2-3,6H2,1H3,(H,21,22,23);1H. The van der Waals surface area contributed by atoms with Crippen LogP contribution in [0.3, 0.4) is 0 Å². The van der Waals surface area contributed by atoms with Crippen LogP contribution in [0.1, 0.15) is 25.3 Å². The number of halogens is 1. The summed E-state index contributed by atoms with van der Waals surface area (Å²) < 4.78 is 5.95. The molecule has 4 rings (SSSR count). The zero-order valence-electron chi connectivity index (χ0n) is 14.0. The van der Waals surface area contributed by atoms with Gasteiger partial charge in [-0.2, -0.15) is 0 Å². The Morgan fingerprint density at radius 3 is 2.60 bits per heavy atom. The van der Waals surface area contributed by atoms with Gasteiger partial charge in [-0.1, -0.05) is 37.6 Å². The van der Waals surface area contributed by atoms with Crippen molar-refractivity contribution in [1.29, 1.82) is 0 Å². The molecule has 1 N–H and O–H groups in total. The van der Waals surface area contributed by atoms with Gasteiger partial charge in [-0.3, -0.25) is 0 Å². The van der Waals surface area contributed by atoms with E-state index in [-0.39, 0.29) is 12.4 Å². The molecule has 0 unspecified atom stereocenters. The maximum Gasteiger partial charge on any atom is 0.196 e. The van der Waals surface area contributed by atoms with Gasteiger partial charge in [0, 0.05) is 11.1 Å². The van der Waals surface area contributed by atoms with Crippen molar-refractivity contribution in [1.82, 2.24) is 9.97 Å². The van der Waals surface area contributed by atoms with Crippen molar-refractivity contribution in [2.45, 2.75) is 26.2 Å². The molecule has 0 fully saturated rings. The van der Waals surface area contributed by atoms with Crippen molar-refractivity contribution >= 4 is 46.0 Å². The van der Waals surface area contributed by atoms with Gasteiger partial charge in [0.1, 0.15) is 17.4 Å². The minimum atomic E-state index is 0. The van der Waals surface area contributed by atoms with Crippen LogP contribution in [0.25, 0.3) is 22.1 Å². The molecule has 5 heteroatoms. The van der Waals surface area contributed by atoms with Crippen molar-refractivity contribution < 1.29 is 4.42 Å². The van der Waals surface area contributed by atoms with E-state index < -0.39 is 0 Å². The molecule has 2 aromatic heterocycles. The highest BCUT2D eigenvalue weighted by Crippen LogP contribution is 2.31. The number of furan rings is 1. The summed E-state index contributed by atoms with van der Waals surface area (Å²) in [7, 11) is 0. The van der Waals surface area contributed by atoms with Gasteiger partial charge in [0.15, 0.2) is 11.4 Å². The van der Waals surface area contributed by atoms with Gasteiger partial charge in [-0.15, -0.1) is 12.4 Å². The number of aryl methyl sites for hydroxylation is 1. The second kappa shape index (κ2) is 7.53. The van der Waals surface area contributed by atoms with Crippen LogP contribution >= 0.6 is 12.4 Å². The number of nitrogens with zero attached hydrogens (tertiary/aromatic N) is 2. The molecular weight excluding hydrogens is 334 g/mol. The number of anilines is 2. The second-order valence-corrected chi connectivity index (χ2v) is 5.92. The molecule has 0 spiro atoms. The molecule has 0 bridgehead atoms. The van der Waals surface area contributed by atoms with Crippen molar-refractivity contribution in [2.24, 2.45) is 0 Å². The molecular formula is C20H20ClN3O. The van der Waals surface area contributed by atoms with E-state index in [4.69, 9.17) is 4.42 Å². The monoisotopic (exact) mass is 353 g/mol. The first-order valence-electron chi connectivity index (χ1n) is 8.33. The van der Waals surface area contributed by atoms with E-state index >= 15 is 0 Å². The number of benzene rings is 2. The molecule has 0 aliphatic heterocycles. The van der Waals surface area contributed by atoms with Crippen LogP contribution in [0.15, 0.2) is 59.3 Å². The lowest BCUT2D eigenvalue weighted by atomic mass is 10.1. The molecule has 0 amide bonds. The number of aromatic nitrogens is 2. The van der Waals surface area contributed by atoms with Crippen LogP contribution in [0, 0.1) is 0 Å². The summed E-state index contributed by atoms with van der Waals surface area (Å²) in [5.74, 6) is 0.692. The Hall–Kier alpha value is -2.59. The quantitative estimate of drug-likeness (QED) is 0.486. The number of fused-ring (bicyclic) bond motifs is 3. The largest absolute Gasteiger partial charge is 0.450 e. The molecule has 0 aliphatic carbocycles. The van der Waals surface area contributed by atoms with Crippen LogP contribution < -0.4 is 5.32 Å². The van der Waals surface area contributed by atoms with E-state index in [1.54, 1.807) is 6.33 Å². The topological polar surface area (TPSA) is 51.0 Å². The van der Waals surface area contributed by atoms with Gasteiger partial charge in [0.25, 0.3) is 0 Å². The number of hydrogen-bond acceptors (Lipinski definition) is 4. The van der Waals surface area contributed by atoms with Gasteiger partial charge in [-0.25, -0.2) is 9.97 Å². The number of para-hydroxylation sites is 1. The fraction of sp³-hybridized carbons (Fsp3) is 0.200. The normalized spacial score (nSPS) is 10.8. The van der Waals surface area contributed by atoms with Gasteiger partial charge < -0.3 is 9.73 Å². The summed E-state index contributed by atoms with van der Waals surface area (Å²) in [6.45, 7) is 2.21. The highest BCUT2D eigenvalue weighted by atomic mass is 35.5. The second-order valence-electron chi connectivity index (χ2n) is 5.92. The van der Waals surface area contributed by atoms with Crippen molar-refractivity contribution in [3.05, 3.63) is 60.4 Å². The number of rotatable bonds is 5. The predicted octanol–water partition coefficient (Wildman–Crippen LogP) is 5.88. The lowest BCUT2D eigenvalue weighted by Gasteiger charge is -2.07. The lowest BCUT2D eigenvalue weighted by molar-refractivity contribution is 0.667. The average molecular weight is 354 g/mol. The third kappa shape index (κ3) is 3.44. The Kier molecular flexibility index (Phi) is 5.19. The summed E-state index contributed by atoms with van der Waals surface area (Å²) >= 11 is 0. The van der Waals surface area contributed by atoms with Crippen LogP contribution in [0.5, 0.6) is 0 Å². The van der Waals surface area contributed by atoms with E-state index in [9.17, 15) is 0 Å². The van der Waals surface area contributed by atoms with E-state index in [0.717, 1.165) is 28.6 Å². The van der Waals surface area contributed by atoms with Crippen molar-refractivity contribution in [3.63, 3.8) is 0 Å². The molecule has 0 atom stereocenters. The Balaban J connectivity index is 0.00000182. The van der Waals surface area contributed by atoms with Crippen molar-refractivity contribution in [2.75, 3.05) is 5.32 Å². The van der Waals surface area contributed by atoms with Crippen LogP contribution in [-0.4, -0.2) is 9.97 Å². The smallest absolute Gasteiger partial charge is 0.196 e. The molecule has 0 aliphatic rings. The maximum atomic E-state index is 5.95. The van der Waals surface area contributed by atoms with Crippen molar-refractivity contribution in [3.8, 4) is 0 Å². The van der Waals surface area contributed by atoms with Gasteiger partial charge in [0.05, 0.1) is 0 Å². The Morgan fingerprint density at radius 1 is 1.00 bits per heavy atom. The number of unbranched alkanes of at least 4 members (excludes halogenated alkanes) is 1. The van der Waals surface area contributed by atoms with E-state index in [0.29, 0.717) is 11.4 Å². The molecule has 25 heavy (non-hydrogen) atoms. The molecule has 4 aromatic rings. The number of nitrogens with one attached hydrogen (secondary N) is 1. The van der Waals surface area contributed by atoms with Crippen LogP contribution in [-0.2, 0) is 6.42 Å². The molecule has 128 valence electrons. The lowest BCUT2D eigenvalue weighted by Crippen LogP contribution is -1.95. The average Bonchev–Trinajstić information content (AvgIpc) is 3.01. The molecule has 2 heterocycles. The first-order chi connectivity index (χ1) is 11.8. The van der Waals surface area contributed by atoms with Gasteiger partial charge in [-0.05, 0) is 42.7 Å². The van der Waals surface area contributed by atoms with E-state index in [1.807, 2.05) is 24.3 Å². The van der Waals surface area contributed by atoms with E-state index in [2.05, 4.69) is 46.5 Å². The highest BCUT2D eigenvalue weighted by Gasteiger charge is 2.12. The minimum absolute atomic E-state index is 0. The summed E-state index contributed by atoms with van der Waals surface area (Å²) in [4.78, 5) is 8.73.